The molecular formula is C23H18FN3O2S. The number of hydrogen-bond acceptors (Lipinski definition) is 4. The fraction of sp³-hybridized carbons (Fsp3) is 0.0870. The molecule has 2 N–H and O–H groups in total. The van der Waals surface area contributed by atoms with Crippen LogP contribution in [0.2, 0.25) is 0 Å². The molecule has 2 amide bonds. The van der Waals surface area contributed by atoms with Crippen LogP contribution in [0.3, 0.4) is 0 Å². The molecule has 1 heterocycles. The highest BCUT2D eigenvalue weighted by Gasteiger charge is 2.16. The molecule has 7 heteroatoms. The average molecular weight is 419 g/mol. The van der Waals surface area contributed by atoms with Gasteiger partial charge in [-0.2, -0.15) is 4.37 Å². The Balaban J connectivity index is 1.50. The van der Waals surface area contributed by atoms with Crippen molar-refractivity contribution in [1.82, 2.24) is 9.69 Å². The van der Waals surface area contributed by atoms with Crippen molar-refractivity contribution in [2.24, 2.45) is 0 Å². The zero-order chi connectivity index (χ0) is 21.1. The minimum atomic E-state index is -0.350. The van der Waals surface area contributed by atoms with Crippen molar-refractivity contribution < 1.29 is 14.0 Å². The van der Waals surface area contributed by atoms with Gasteiger partial charge in [-0.15, -0.1) is 0 Å². The van der Waals surface area contributed by atoms with Crippen molar-refractivity contribution in [2.45, 2.75) is 13.5 Å². The summed E-state index contributed by atoms with van der Waals surface area (Å²) in [5, 5.41) is 6.42. The SMILES string of the molecule is Cc1ccc(C(=O)NCc2cccc(F)c2)cc1NC(=O)c1nsc2ccccc12. The molecule has 5 nitrogen and oxygen atoms in total. The van der Waals surface area contributed by atoms with E-state index < -0.39 is 0 Å². The van der Waals surface area contributed by atoms with E-state index in [2.05, 4.69) is 15.0 Å². The zero-order valence-corrected chi connectivity index (χ0v) is 16.9. The largest absolute Gasteiger partial charge is 0.348 e. The number of fused-ring (bicyclic) bond motifs is 1. The third kappa shape index (κ3) is 4.21. The first-order valence-electron chi connectivity index (χ1n) is 9.30. The minimum Gasteiger partial charge on any atom is -0.348 e. The molecule has 0 spiro atoms. The van der Waals surface area contributed by atoms with Gasteiger partial charge < -0.3 is 10.6 Å². The van der Waals surface area contributed by atoms with Gasteiger partial charge in [-0.05, 0) is 59.9 Å². The molecule has 4 aromatic rings. The molecule has 0 aliphatic rings. The quantitative estimate of drug-likeness (QED) is 0.482. The highest BCUT2D eigenvalue weighted by atomic mass is 32.1. The van der Waals surface area contributed by atoms with Crippen molar-refractivity contribution in [3.8, 4) is 0 Å². The number of benzene rings is 3. The second-order valence-corrected chi connectivity index (χ2v) is 7.63. The Bertz CT molecular complexity index is 1250. The standard InChI is InChI=1S/C23H18FN3O2S/c1-14-9-10-16(22(28)25-13-15-5-4-6-17(24)11-15)12-19(14)26-23(29)21-18-7-2-3-8-20(18)30-27-21/h2-12H,13H2,1H3,(H,25,28)(H,26,29). The van der Waals surface area contributed by atoms with E-state index in [0.717, 1.165) is 15.6 Å². The lowest BCUT2D eigenvalue weighted by molar-refractivity contribution is 0.0949. The topological polar surface area (TPSA) is 71.1 Å². The summed E-state index contributed by atoms with van der Waals surface area (Å²) in [7, 11) is 0. The van der Waals surface area contributed by atoms with Gasteiger partial charge in [0.15, 0.2) is 0 Å². The maximum absolute atomic E-state index is 13.3. The van der Waals surface area contributed by atoms with E-state index in [1.165, 1.54) is 23.7 Å². The first-order valence-corrected chi connectivity index (χ1v) is 10.1. The summed E-state index contributed by atoms with van der Waals surface area (Å²) in [6.07, 6.45) is 0. The van der Waals surface area contributed by atoms with Crippen molar-refractivity contribution in [3.05, 3.63) is 94.9 Å². The van der Waals surface area contributed by atoms with Crippen LogP contribution in [0.4, 0.5) is 10.1 Å². The lowest BCUT2D eigenvalue weighted by Gasteiger charge is -2.11. The molecule has 0 radical (unpaired) electrons. The first kappa shape index (κ1) is 19.7. The Morgan fingerprint density at radius 3 is 2.67 bits per heavy atom. The van der Waals surface area contributed by atoms with Crippen LogP contribution < -0.4 is 10.6 Å². The van der Waals surface area contributed by atoms with E-state index in [1.807, 2.05) is 31.2 Å². The molecule has 150 valence electrons. The van der Waals surface area contributed by atoms with E-state index in [-0.39, 0.29) is 24.2 Å². The number of aryl methyl sites for hydroxylation is 1. The predicted octanol–water partition coefficient (Wildman–Crippen LogP) is 4.93. The van der Waals surface area contributed by atoms with Gasteiger partial charge in [0.1, 0.15) is 11.5 Å². The Hall–Kier alpha value is -3.58. The first-order chi connectivity index (χ1) is 14.5. The van der Waals surface area contributed by atoms with Crippen LogP contribution in [0.1, 0.15) is 32.0 Å². The van der Waals surface area contributed by atoms with E-state index in [1.54, 1.807) is 30.3 Å². The summed E-state index contributed by atoms with van der Waals surface area (Å²) in [4.78, 5) is 25.3. The molecule has 0 fully saturated rings. The highest BCUT2D eigenvalue weighted by Crippen LogP contribution is 2.24. The Kier molecular flexibility index (Phi) is 5.54. The number of amides is 2. The molecule has 0 saturated heterocycles. The summed E-state index contributed by atoms with van der Waals surface area (Å²) in [6.45, 7) is 2.06. The number of aromatic nitrogens is 1. The second-order valence-electron chi connectivity index (χ2n) is 6.82. The number of nitrogens with zero attached hydrogens (tertiary/aromatic N) is 1. The molecule has 30 heavy (non-hydrogen) atoms. The minimum absolute atomic E-state index is 0.205. The summed E-state index contributed by atoms with van der Waals surface area (Å²) in [5.41, 5.74) is 2.78. The fourth-order valence-corrected chi connectivity index (χ4v) is 3.83. The van der Waals surface area contributed by atoms with Gasteiger partial charge in [0.25, 0.3) is 11.8 Å². The lowest BCUT2D eigenvalue weighted by atomic mass is 10.1. The summed E-state index contributed by atoms with van der Waals surface area (Å²) in [6, 6.07) is 18.7. The van der Waals surface area contributed by atoms with E-state index in [0.29, 0.717) is 22.5 Å². The Morgan fingerprint density at radius 1 is 1.00 bits per heavy atom. The molecule has 0 saturated carbocycles. The molecule has 0 aliphatic carbocycles. The van der Waals surface area contributed by atoms with Crippen molar-refractivity contribution in [2.75, 3.05) is 5.32 Å². The smallest absolute Gasteiger partial charge is 0.276 e. The number of anilines is 1. The normalized spacial score (nSPS) is 10.7. The van der Waals surface area contributed by atoms with Crippen LogP contribution in [-0.4, -0.2) is 16.2 Å². The van der Waals surface area contributed by atoms with Gasteiger partial charge in [0.2, 0.25) is 0 Å². The molecule has 1 aromatic heterocycles. The van der Waals surface area contributed by atoms with Crippen LogP contribution in [0.5, 0.6) is 0 Å². The monoisotopic (exact) mass is 419 g/mol. The molecule has 0 aliphatic heterocycles. The average Bonchev–Trinajstić information content (AvgIpc) is 3.18. The van der Waals surface area contributed by atoms with Crippen molar-refractivity contribution in [1.29, 1.82) is 0 Å². The molecule has 0 bridgehead atoms. The Morgan fingerprint density at radius 2 is 1.83 bits per heavy atom. The van der Waals surface area contributed by atoms with Gasteiger partial charge in [-0.1, -0.05) is 36.4 Å². The number of carbonyl (C=O) groups is 2. The van der Waals surface area contributed by atoms with Crippen molar-refractivity contribution in [3.63, 3.8) is 0 Å². The van der Waals surface area contributed by atoms with Crippen LogP contribution in [-0.2, 0) is 6.54 Å². The number of rotatable bonds is 5. The maximum Gasteiger partial charge on any atom is 0.276 e. The summed E-state index contributed by atoms with van der Waals surface area (Å²) < 4.78 is 18.5. The summed E-state index contributed by atoms with van der Waals surface area (Å²) >= 11 is 1.27. The third-order valence-electron chi connectivity index (χ3n) is 4.68. The second kappa shape index (κ2) is 8.42. The van der Waals surface area contributed by atoms with E-state index >= 15 is 0 Å². The highest BCUT2D eigenvalue weighted by molar-refractivity contribution is 7.13. The third-order valence-corrected chi connectivity index (χ3v) is 5.51. The molecule has 3 aromatic carbocycles. The van der Waals surface area contributed by atoms with Crippen molar-refractivity contribution >= 4 is 39.1 Å². The number of hydrogen-bond donors (Lipinski definition) is 2. The molecular weight excluding hydrogens is 401 g/mol. The summed E-state index contributed by atoms with van der Waals surface area (Å²) in [5.74, 6) is -0.988. The van der Waals surface area contributed by atoms with Gasteiger partial charge in [0.05, 0.1) is 4.70 Å². The number of nitrogens with one attached hydrogen (secondary N) is 2. The Labute approximate surface area is 176 Å². The van der Waals surface area contributed by atoms with Crippen LogP contribution >= 0.6 is 11.5 Å². The van der Waals surface area contributed by atoms with Crippen LogP contribution in [0, 0.1) is 12.7 Å². The maximum atomic E-state index is 13.3. The van der Waals surface area contributed by atoms with Gasteiger partial charge >= 0.3 is 0 Å². The number of halogens is 1. The number of carbonyl (C=O) groups excluding carboxylic acids is 2. The fourth-order valence-electron chi connectivity index (χ4n) is 3.06. The predicted molar refractivity (Wildman–Crippen MR) is 116 cm³/mol. The van der Waals surface area contributed by atoms with Crippen LogP contribution in [0.25, 0.3) is 10.1 Å². The molecule has 0 unspecified atom stereocenters. The van der Waals surface area contributed by atoms with E-state index in [9.17, 15) is 14.0 Å². The van der Waals surface area contributed by atoms with Gasteiger partial charge in [-0.3, -0.25) is 9.59 Å². The van der Waals surface area contributed by atoms with Crippen LogP contribution in [0.15, 0.2) is 66.7 Å². The lowest BCUT2D eigenvalue weighted by Crippen LogP contribution is -2.23. The van der Waals surface area contributed by atoms with Gasteiger partial charge in [-0.25, -0.2) is 4.39 Å². The molecule has 0 atom stereocenters. The van der Waals surface area contributed by atoms with Gasteiger partial charge in [0, 0.05) is 23.2 Å². The zero-order valence-electron chi connectivity index (χ0n) is 16.1. The molecule has 4 rings (SSSR count). The van der Waals surface area contributed by atoms with E-state index in [4.69, 9.17) is 0 Å².